The number of ether oxygens (including phenoxy) is 1. The first-order valence-electron chi connectivity index (χ1n) is 6.10. The highest BCUT2D eigenvalue weighted by Gasteiger charge is 2.03. The molecule has 1 rings (SSSR count). The highest BCUT2D eigenvalue weighted by Crippen LogP contribution is 2.21. The first kappa shape index (κ1) is 15.3. The number of methoxy groups -OCH3 is 1. The van der Waals surface area contributed by atoms with Gasteiger partial charge in [-0.3, -0.25) is 4.79 Å². The van der Waals surface area contributed by atoms with Crippen molar-refractivity contribution >= 4 is 5.91 Å². The number of phenolic OH excluding ortho intramolecular Hbond substituents is 2. The van der Waals surface area contributed by atoms with Crippen LogP contribution in [0.5, 0.6) is 11.5 Å². The maximum absolute atomic E-state index is 11.4. The van der Waals surface area contributed by atoms with Crippen molar-refractivity contribution in [3.8, 4) is 11.5 Å². The molecule has 0 aliphatic rings. The minimum absolute atomic E-state index is 0.0266. The molecular formula is C13H20N2O4. The van der Waals surface area contributed by atoms with Gasteiger partial charge in [-0.25, -0.2) is 0 Å². The van der Waals surface area contributed by atoms with Gasteiger partial charge >= 0.3 is 0 Å². The smallest absolute Gasteiger partial charge is 0.221 e. The van der Waals surface area contributed by atoms with Gasteiger partial charge in [0, 0.05) is 44.8 Å². The molecule has 0 heterocycles. The Morgan fingerprint density at radius 3 is 2.79 bits per heavy atom. The van der Waals surface area contributed by atoms with Crippen LogP contribution in [0.25, 0.3) is 0 Å². The van der Waals surface area contributed by atoms with E-state index in [9.17, 15) is 9.90 Å². The first-order chi connectivity index (χ1) is 9.13. The summed E-state index contributed by atoms with van der Waals surface area (Å²) in [7, 11) is 1.58. The molecule has 0 fully saturated rings. The molecule has 0 unspecified atom stereocenters. The highest BCUT2D eigenvalue weighted by molar-refractivity contribution is 5.76. The predicted octanol–water partition coefficient (Wildman–Crippen LogP) is 0.340. The predicted molar refractivity (Wildman–Crippen MR) is 71.0 cm³/mol. The van der Waals surface area contributed by atoms with E-state index in [2.05, 4.69) is 10.6 Å². The van der Waals surface area contributed by atoms with Gasteiger partial charge in [0.25, 0.3) is 0 Å². The van der Waals surface area contributed by atoms with Crippen molar-refractivity contribution in [1.29, 1.82) is 0 Å². The van der Waals surface area contributed by atoms with Crippen LogP contribution in [-0.4, -0.2) is 42.9 Å². The van der Waals surface area contributed by atoms with Crippen LogP contribution < -0.4 is 10.6 Å². The second-order valence-corrected chi connectivity index (χ2v) is 4.08. The Labute approximate surface area is 112 Å². The van der Waals surface area contributed by atoms with Crippen molar-refractivity contribution in [2.75, 3.05) is 26.8 Å². The van der Waals surface area contributed by atoms with E-state index in [4.69, 9.17) is 9.84 Å². The number of carbonyl (C=O) groups excluding carboxylic acids is 1. The minimum Gasteiger partial charge on any atom is -0.508 e. The molecule has 1 aromatic rings. The molecule has 0 bridgehead atoms. The second kappa shape index (κ2) is 8.34. The molecule has 6 heteroatoms. The number of rotatable bonds is 8. The number of amides is 1. The average molecular weight is 268 g/mol. The van der Waals surface area contributed by atoms with Crippen LogP contribution in [0.15, 0.2) is 18.2 Å². The molecule has 0 radical (unpaired) electrons. The van der Waals surface area contributed by atoms with Gasteiger partial charge in [0.2, 0.25) is 5.91 Å². The van der Waals surface area contributed by atoms with E-state index in [1.54, 1.807) is 13.2 Å². The summed E-state index contributed by atoms with van der Waals surface area (Å²) in [5, 5.41) is 24.5. The molecule has 0 atom stereocenters. The Balaban J connectivity index is 2.18. The van der Waals surface area contributed by atoms with E-state index < -0.39 is 0 Å². The molecular weight excluding hydrogens is 248 g/mol. The third-order valence-electron chi connectivity index (χ3n) is 2.54. The van der Waals surface area contributed by atoms with Crippen LogP contribution in [0, 0.1) is 0 Å². The Morgan fingerprint density at radius 2 is 2.11 bits per heavy atom. The fourth-order valence-corrected chi connectivity index (χ4v) is 1.51. The minimum atomic E-state index is -0.0421. The Kier molecular flexibility index (Phi) is 6.70. The molecule has 0 aromatic heterocycles. The summed E-state index contributed by atoms with van der Waals surface area (Å²) in [6.45, 7) is 1.96. The summed E-state index contributed by atoms with van der Waals surface area (Å²) in [6, 6.07) is 4.43. The van der Waals surface area contributed by atoms with E-state index in [0.29, 0.717) is 38.2 Å². The van der Waals surface area contributed by atoms with E-state index in [1.165, 1.54) is 12.1 Å². The maximum Gasteiger partial charge on any atom is 0.221 e. The molecule has 0 aliphatic heterocycles. The van der Waals surface area contributed by atoms with Gasteiger partial charge in [0.05, 0.1) is 6.61 Å². The maximum atomic E-state index is 11.4. The SMILES string of the molecule is COCCNC(=O)CCNCc1ccc(O)cc1O. The van der Waals surface area contributed by atoms with Crippen molar-refractivity contribution in [3.63, 3.8) is 0 Å². The topological polar surface area (TPSA) is 90.8 Å². The second-order valence-electron chi connectivity index (χ2n) is 4.08. The summed E-state index contributed by atoms with van der Waals surface area (Å²) in [6.07, 6.45) is 0.364. The van der Waals surface area contributed by atoms with Crippen LogP contribution in [0.2, 0.25) is 0 Å². The van der Waals surface area contributed by atoms with Crippen LogP contribution in [0.1, 0.15) is 12.0 Å². The summed E-state index contributed by atoms with van der Waals surface area (Å²) in [5.74, 6) is 0.0234. The highest BCUT2D eigenvalue weighted by atomic mass is 16.5. The molecule has 6 nitrogen and oxygen atoms in total. The lowest BCUT2D eigenvalue weighted by Gasteiger charge is -2.07. The number of aromatic hydroxyl groups is 2. The Bertz CT molecular complexity index is 410. The van der Waals surface area contributed by atoms with E-state index in [0.717, 1.165) is 0 Å². The van der Waals surface area contributed by atoms with Crippen molar-refractivity contribution in [3.05, 3.63) is 23.8 Å². The monoisotopic (exact) mass is 268 g/mol. The number of hydrogen-bond acceptors (Lipinski definition) is 5. The summed E-state index contributed by atoms with van der Waals surface area (Å²) >= 11 is 0. The molecule has 19 heavy (non-hydrogen) atoms. The van der Waals surface area contributed by atoms with Crippen molar-refractivity contribution in [1.82, 2.24) is 10.6 Å². The molecule has 0 aliphatic carbocycles. The zero-order chi connectivity index (χ0) is 14.1. The van der Waals surface area contributed by atoms with Gasteiger partial charge in [-0.15, -0.1) is 0 Å². The van der Waals surface area contributed by atoms with Crippen molar-refractivity contribution < 1.29 is 19.7 Å². The molecule has 0 spiro atoms. The largest absolute Gasteiger partial charge is 0.508 e. The third-order valence-corrected chi connectivity index (χ3v) is 2.54. The summed E-state index contributed by atoms with van der Waals surface area (Å²) in [5.41, 5.74) is 0.678. The molecule has 1 amide bonds. The van der Waals surface area contributed by atoms with Gasteiger partial charge in [-0.1, -0.05) is 6.07 Å². The lowest BCUT2D eigenvalue weighted by atomic mass is 10.2. The number of benzene rings is 1. The lowest BCUT2D eigenvalue weighted by molar-refractivity contribution is -0.121. The standard InChI is InChI=1S/C13H20N2O4/c1-19-7-6-15-13(18)4-5-14-9-10-2-3-11(16)8-12(10)17/h2-3,8,14,16-17H,4-7,9H2,1H3,(H,15,18). The zero-order valence-electron chi connectivity index (χ0n) is 11.0. The third kappa shape index (κ3) is 6.08. The Morgan fingerprint density at radius 1 is 1.32 bits per heavy atom. The number of nitrogens with one attached hydrogen (secondary N) is 2. The average Bonchev–Trinajstić information content (AvgIpc) is 2.37. The van der Waals surface area contributed by atoms with Crippen molar-refractivity contribution in [2.45, 2.75) is 13.0 Å². The fourth-order valence-electron chi connectivity index (χ4n) is 1.51. The van der Waals surface area contributed by atoms with Crippen LogP contribution in [0.3, 0.4) is 0 Å². The van der Waals surface area contributed by atoms with Gasteiger partial charge in [-0.05, 0) is 6.07 Å². The molecule has 106 valence electrons. The zero-order valence-corrected chi connectivity index (χ0v) is 11.0. The van der Waals surface area contributed by atoms with Crippen LogP contribution in [0.4, 0.5) is 0 Å². The summed E-state index contributed by atoms with van der Waals surface area (Å²) in [4.78, 5) is 11.4. The van der Waals surface area contributed by atoms with Gasteiger partial charge in [0.1, 0.15) is 11.5 Å². The van der Waals surface area contributed by atoms with Gasteiger partial charge in [-0.2, -0.15) is 0 Å². The number of hydrogen-bond donors (Lipinski definition) is 4. The first-order valence-corrected chi connectivity index (χ1v) is 6.10. The molecule has 0 saturated carbocycles. The summed E-state index contributed by atoms with van der Waals surface area (Å²) < 4.78 is 4.82. The number of phenols is 2. The van der Waals surface area contributed by atoms with E-state index in [-0.39, 0.29) is 17.4 Å². The van der Waals surface area contributed by atoms with Crippen LogP contribution in [-0.2, 0) is 16.1 Å². The van der Waals surface area contributed by atoms with Crippen molar-refractivity contribution in [2.24, 2.45) is 0 Å². The quantitative estimate of drug-likeness (QED) is 0.510. The fraction of sp³-hybridized carbons (Fsp3) is 0.462. The van der Waals surface area contributed by atoms with E-state index >= 15 is 0 Å². The Hall–Kier alpha value is -1.79. The van der Waals surface area contributed by atoms with E-state index in [1.807, 2.05) is 0 Å². The number of carbonyl (C=O) groups is 1. The van der Waals surface area contributed by atoms with Crippen LogP contribution >= 0.6 is 0 Å². The van der Waals surface area contributed by atoms with Gasteiger partial charge in [0.15, 0.2) is 0 Å². The normalized spacial score (nSPS) is 10.4. The molecule has 0 saturated heterocycles. The van der Waals surface area contributed by atoms with Gasteiger partial charge < -0.3 is 25.6 Å². The lowest BCUT2D eigenvalue weighted by Crippen LogP contribution is -2.29. The molecule has 4 N–H and O–H groups in total. The molecule has 1 aromatic carbocycles.